The van der Waals surface area contributed by atoms with Crippen molar-refractivity contribution < 1.29 is 31.3 Å². The molecular formula is C16H7F5N2O2. The van der Waals surface area contributed by atoms with Crippen molar-refractivity contribution in [2.45, 2.75) is 6.18 Å². The summed E-state index contributed by atoms with van der Waals surface area (Å²) >= 11 is 0. The normalized spacial score (nSPS) is 11.6. The highest BCUT2D eigenvalue weighted by molar-refractivity contribution is 6.09. The van der Waals surface area contributed by atoms with E-state index in [2.05, 4.69) is 14.7 Å². The van der Waals surface area contributed by atoms with E-state index in [4.69, 9.17) is 0 Å². The first-order valence-electron chi connectivity index (χ1n) is 6.77. The number of benzene rings is 2. The molecule has 0 saturated carbocycles. The largest absolute Gasteiger partial charge is 0.471 e. The molecule has 0 aliphatic heterocycles. The number of carbonyl (C=O) groups is 1. The monoisotopic (exact) mass is 354 g/mol. The highest BCUT2D eigenvalue weighted by atomic mass is 19.4. The average Bonchev–Trinajstić information content (AvgIpc) is 3.05. The maximum absolute atomic E-state index is 13.6. The molecule has 0 aliphatic rings. The van der Waals surface area contributed by atoms with Crippen LogP contribution in [-0.2, 0) is 6.18 Å². The smallest absolute Gasteiger partial charge is 0.329 e. The number of rotatable bonds is 3. The number of nitrogens with zero attached hydrogens (tertiary/aromatic N) is 2. The summed E-state index contributed by atoms with van der Waals surface area (Å²) in [5.74, 6) is -4.33. The third-order valence-electron chi connectivity index (χ3n) is 3.25. The van der Waals surface area contributed by atoms with Gasteiger partial charge in [0.1, 0.15) is 11.6 Å². The van der Waals surface area contributed by atoms with Crippen LogP contribution in [0.3, 0.4) is 0 Å². The van der Waals surface area contributed by atoms with Gasteiger partial charge < -0.3 is 4.52 Å². The molecule has 0 aliphatic carbocycles. The highest BCUT2D eigenvalue weighted by Gasteiger charge is 2.38. The van der Waals surface area contributed by atoms with E-state index in [-0.39, 0.29) is 22.5 Å². The van der Waals surface area contributed by atoms with Gasteiger partial charge in [-0.25, -0.2) is 8.78 Å². The Bertz CT molecular complexity index is 932. The lowest BCUT2D eigenvalue weighted by atomic mass is 10.0. The highest BCUT2D eigenvalue weighted by Crippen LogP contribution is 2.29. The summed E-state index contributed by atoms with van der Waals surface area (Å²) in [7, 11) is 0. The molecule has 0 saturated heterocycles. The van der Waals surface area contributed by atoms with Gasteiger partial charge in [-0.1, -0.05) is 29.4 Å². The molecule has 1 heterocycles. The molecule has 0 atom stereocenters. The van der Waals surface area contributed by atoms with Crippen LogP contribution in [0.4, 0.5) is 22.0 Å². The van der Waals surface area contributed by atoms with Crippen LogP contribution in [0.15, 0.2) is 47.0 Å². The van der Waals surface area contributed by atoms with Gasteiger partial charge in [0.2, 0.25) is 5.82 Å². The van der Waals surface area contributed by atoms with Crippen molar-refractivity contribution in [3.05, 3.63) is 71.1 Å². The topological polar surface area (TPSA) is 56.0 Å². The van der Waals surface area contributed by atoms with Crippen LogP contribution in [0.1, 0.15) is 21.8 Å². The lowest BCUT2D eigenvalue weighted by molar-refractivity contribution is -0.159. The van der Waals surface area contributed by atoms with Gasteiger partial charge in [-0.05, 0) is 12.1 Å². The summed E-state index contributed by atoms with van der Waals surface area (Å²) in [5, 5.41) is 3.22. The third-order valence-corrected chi connectivity index (χ3v) is 3.25. The van der Waals surface area contributed by atoms with Gasteiger partial charge in [0, 0.05) is 17.2 Å². The Morgan fingerprint density at radius 2 is 1.68 bits per heavy atom. The molecule has 9 heteroatoms. The number of ketones is 1. The SMILES string of the molecule is O=C(c1ccc(-c2noc(C(F)(F)F)n2)cc1)c1ccc(F)cc1F. The maximum atomic E-state index is 13.6. The minimum atomic E-state index is -4.76. The van der Waals surface area contributed by atoms with Gasteiger partial charge in [-0.3, -0.25) is 4.79 Å². The molecule has 3 rings (SSSR count). The van der Waals surface area contributed by atoms with Crippen molar-refractivity contribution in [2.75, 3.05) is 0 Å². The first kappa shape index (κ1) is 16.7. The van der Waals surface area contributed by atoms with Gasteiger partial charge in [0.15, 0.2) is 5.78 Å². The number of hydrogen-bond donors (Lipinski definition) is 0. The molecule has 3 aromatic rings. The Morgan fingerprint density at radius 3 is 2.24 bits per heavy atom. The molecule has 128 valence electrons. The van der Waals surface area contributed by atoms with Crippen molar-refractivity contribution in [3.63, 3.8) is 0 Å². The standard InChI is InChI=1S/C16H7F5N2O2/c17-10-5-6-11(12(18)7-10)13(24)8-1-3-9(4-2-8)14-22-15(25-23-14)16(19,20)21/h1-7H. The van der Waals surface area contributed by atoms with Crippen LogP contribution in [0.2, 0.25) is 0 Å². The zero-order chi connectivity index (χ0) is 18.2. The second kappa shape index (κ2) is 6.08. The fourth-order valence-corrected chi connectivity index (χ4v) is 2.06. The predicted octanol–water partition coefficient (Wildman–Crippen LogP) is 4.26. The quantitative estimate of drug-likeness (QED) is 0.521. The number of carbonyl (C=O) groups excluding carboxylic acids is 1. The van der Waals surface area contributed by atoms with E-state index in [9.17, 15) is 26.7 Å². The van der Waals surface area contributed by atoms with Crippen LogP contribution in [0.25, 0.3) is 11.4 Å². The van der Waals surface area contributed by atoms with E-state index < -0.39 is 29.5 Å². The molecule has 0 bridgehead atoms. The van der Waals surface area contributed by atoms with Crippen molar-refractivity contribution in [1.29, 1.82) is 0 Å². The Morgan fingerprint density at radius 1 is 1.00 bits per heavy atom. The molecule has 2 aromatic carbocycles. The molecular weight excluding hydrogens is 347 g/mol. The van der Waals surface area contributed by atoms with Crippen LogP contribution in [0.5, 0.6) is 0 Å². The van der Waals surface area contributed by atoms with Gasteiger partial charge in [-0.15, -0.1) is 0 Å². The Labute approximate surface area is 136 Å². The minimum absolute atomic E-state index is 0.0637. The van der Waals surface area contributed by atoms with Gasteiger partial charge >= 0.3 is 12.1 Å². The Kier molecular flexibility index (Phi) is 4.07. The van der Waals surface area contributed by atoms with Crippen molar-refractivity contribution in [2.24, 2.45) is 0 Å². The molecule has 0 spiro atoms. The number of alkyl halides is 3. The molecule has 0 radical (unpaired) electrons. The van der Waals surface area contributed by atoms with E-state index in [0.29, 0.717) is 6.07 Å². The van der Waals surface area contributed by atoms with Crippen LogP contribution < -0.4 is 0 Å². The molecule has 1 aromatic heterocycles. The third kappa shape index (κ3) is 3.39. The summed E-state index contributed by atoms with van der Waals surface area (Å²) in [4.78, 5) is 15.4. The van der Waals surface area contributed by atoms with E-state index in [0.717, 1.165) is 12.1 Å². The second-order valence-electron chi connectivity index (χ2n) is 4.95. The van der Waals surface area contributed by atoms with E-state index >= 15 is 0 Å². The van der Waals surface area contributed by atoms with E-state index in [1.54, 1.807) is 0 Å². The number of halogens is 5. The molecule has 0 fully saturated rings. The van der Waals surface area contributed by atoms with Crippen molar-refractivity contribution in [3.8, 4) is 11.4 Å². The zero-order valence-electron chi connectivity index (χ0n) is 12.1. The Hall–Kier alpha value is -3.10. The zero-order valence-corrected chi connectivity index (χ0v) is 12.1. The van der Waals surface area contributed by atoms with Crippen LogP contribution in [0, 0.1) is 11.6 Å². The maximum Gasteiger partial charge on any atom is 0.471 e. The van der Waals surface area contributed by atoms with Crippen LogP contribution >= 0.6 is 0 Å². The van der Waals surface area contributed by atoms with Gasteiger partial charge in [0.25, 0.3) is 0 Å². The summed E-state index contributed by atoms with van der Waals surface area (Å²) in [6.45, 7) is 0. The molecule has 0 N–H and O–H groups in total. The summed E-state index contributed by atoms with van der Waals surface area (Å²) in [6.07, 6.45) is -4.76. The predicted molar refractivity (Wildman–Crippen MR) is 74.5 cm³/mol. The fourth-order valence-electron chi connectivity index (χ4n) is 2.06. The van der Waals surface area contributed by atoms with Crippen LogP contribution in [-0.4, -0.2) is 15.9 Å². The lowest BCUT2D eigenvalue weighted by Crippen LogP contribution is -2.05. The summed E-state index contributed by atoms with van der Waals surface area (Å²) in [5.41, 5.74) is -0.0859. The molecule has 0 unspecified atom stereocenters. The molecule has 4 nitrogen and oxygen atoms in total. The number of aromatic nitrogens is 2. The fraction of sp³-hybridized carbons (Fsp3) is 0.0625. The number of hydrogen-bond acceptors (Lipinski definition) is 4. The van der Waals surface area contributed by atoms with E-state index in [1.165, 1.54) is 24.3 Å². The second-order valence-corrected chi connectivity index (χ2v) is 4.95. The average molecular weight is 354 g/mol. The van der Waals surface area contributed by atoms with Gasteiger partial charge in [-0.2, -0.15) is 18.2 Å². The van der Waals surface area contributed by atoms with E-state index in [1.807, 2.05) is 0 Å². The van der Waals surface area contributed by atoms with Crippen molar-refractivity contribution in [1.82, 2.24) is 10.1 Å². The lowest BCUT2D eigenvalue weighted by Gasteiger charge is -2.03. The summed E-state index contributed by atoms with van der Waals surface area (Å²) in [6, 6.07) is 7.66. The Balaban J connectivity index is 1.87. The first-order valence-corrected chi connectivity index (χ1v) is 6.77. The first-order chi connectivity index (χ1) is 11.8. The van der Waals surface area contributed by atoms with Crippen molar-refractivity contribution >= 4 is 5.78 Å². The molecule has 0 amide bonds. The molecule has 25 heavy (non-hydrogen) atoms. The minimum Gasteiger partial charge on any atom is -0.329 e. The van der Waals surface area contributed by atoms with Gasteiger partial charge in [0.05, 0.1) is 5.56 Å². The summed E-state index contributed by atoms with van der Waals surface area (Å²) < 4.78 is 68.0.